The van der Waals surface area contributed by atoms with E-state index >= 15 is 0 Å². The summed E-state index contributed by atoms with van der Waals surface area (Å²) >= 11 is 6.14. The van der Waals surface area contributed by atoms with Crippen LogP contribution in [0.25, 0.3) is 0 Å². The van der Waals surface area contributed by atoms with Crippen LogP contribution >= 0.6 is 11.6 Å². The molecule has 0 aliphatic carbocycles. The molecule has 0 spiro atoms. The molecule has 134 valence electrons. The predicted molar refractivity (Wildman–Crippen MR) is 92.8 cm³/mol. The minimum Gasteiger partial charge on any atom is -0.482 e. The Morgan fingerprint density at radius 3 is 3.00 bits per heavy atom. The van der Waals surface area contributed by atoms with Crippen LogP contribution in [0.3, 0.4) is 0 Å². The molecular formula is C18H21ClN2O4. The summed E-state index contributed by atoms with van der Waals surface area (Å²) in [5.74, 6) is 0.344. The van der Waals surface area contributed by atoms with Gasteiger partial charge in [-0.05, 0) is 44.5 Å². The summed E-state index contributed by atoms with van der Waals surface area (Å²) in [5, 5.41) is 13.6. The molecule has 0 amide bonds. The van der Waals surface area contributed by atoms with E-state index in [1.807, 2.05) is 19.1 Å². The first-order valence-corrected chi connectivity index (χ1v) is 8.71. The van der Waals surface area contributed by atoms with Crippen molar-refractivity contribution in [1.29, 1.82) is 0 Å². The highest BCUT2D eigenvalue weighted by atomic mass is 35.5. The van der Waals surface area contributed by atoms with Gasteiger partial charge >= 0.3 is 5.97 Å². The van der Waals surface area contributed by atoms with Crippen LogP contribution in [-0.2, 0) is 11.3 Å². The van der Waals surface area contributed by atoms with Gasteiger partial charge in [-0.25, -0.2) is 4.79 Å². The molecule has 6 nitrogen and oxygen atoms in total. The fourth-order valence-electron chi connectivity index (χ4n) is 3.23. The second-order valence-electron chi connectivity index (χ2n) is 6.28. The van der Waals surface area contributed by atoms with Gasteiger partial charge in [-0.1, -0.05) is 23.2 Å². The summed E-state index contributed by atoms with van der Waals surface area (Å²) in [6.07, 6.45) is 3.27. The third kappa shape index (κ3) is 4.52. The van der Waals surface area contributed by atoms with Gasteiger partial charge in [-0.15, -0.1) is 0 Å². The lowest BCUT2D eigenvalue weighted by molar-refractivity contribution is -0.139. The van der Waals surface area contributed by atoms with E-state index in [0.717, 1.165) is 42.8 Å². The Bertz CT molecular complexity index is 746. The predicted octanol–water partition coefficient (Wildman–Crippen LogP) is 3.83. The lowest BCUT2D eigenvalue weighted by Crippen LogP contribution is -2.33. The second-order valence-corrected chi connectivity index (χ2v) is 6.72. The van der Waals surface area contributed by atoms with Crippen molar-refractivity contribution >= 4 is 17.6 Å². The third-order valence-electron chi connectivity index (χ3n) is 4.35. The zero-order valence-electron chi connectivity index (χ0n) is 14.1. The van der Waals surface area contributed by atoms with Crippen molar-refractivity contribution in [3.05, 3.63) is 46.3 Å². The van der Waals surface area contributed by atoms with E-state index in [9.17, 15) is 4.79 Å². The minimum atomic E-state index is -1.00. The molecular weight excluding hydrogens is 344 g/mol. The number of carboxylic acids is 1. The topological polar surface area (TPSA) is 75.8 Å². The van der Waals surface area contributed by atoms with Crippen LogP contribution < -0.4 is 4.74 Å². The van der Waals surface area contributed by atoms with Crippen molar-refractivity contribution in [2.24, 2.45) is 0 Å². The van der Waals surface area contributed by atoms with Gasteiger partial charge in [-0.3, -0.25) is 4.90 Å². The fraction of sp³-hybridized carbons (Fsp3) is 0.444. The Hall–Kier alpha value is -2.05. The van der Waals surface area contributed by atoms with Crippen LogP contribution in [0.2, 0.25) is 5.02 Å². The minimum absolute atomic E-state index is 0.178. The molecule has 0 bridgehead atoms. The van der Waals surface area contributed by atoms with Crippen LogP contribution in [0.5, 0.6) is 5.75 Å². The number of carbonyl (C=O) groups is 1. The molecule has 1 saturated heterocycles. The number of aliphatic carboxylic acids is 1. The molecule has 2 aromatic rings. The Kier molecular flexibility index (Phi) is 5.60. The molecule has 1 aromatic carbocycles. The number of carboxylic acid groups (broad SMARTS) is 1. The number of aryl methyl sites for hydroxylation is 1. The number of ether oxygens (including phenoxy) is 1. The van der Waals surface area contributed by atoms with E-state index in [0.29, 0.717) is 17.3 Å². The maximum absolute atomic E-state index is 10.8. The zero-order valence-corrected chi connectivity index (χ0v) is 14.8. The van der Waals surface area contributed by atoms with E-state index in [4.69, 9.17) is 26.0 Å². The van der Waals surface area contributed by atoms with Crippen LogP contribution in [0.4, 0.5) is 0 Å². The van der Waals surface area contributed by atoms with E-state index < -0.39 is 5.97 Å². The summed E-state index contributed by atoms with van der Waals surface area (Å²) in [4.78, 5) is 13.1. The molecule has 25 heavy (non-hydrogen) atoms. The quantitative estimate of drug-likeness (QED) is 0.839. The average molecular weight is 365 g/mol. The SMILES string of the molecule is Cc1cc(C2CCCCN2Cc2cc(Cl)ccc2OCC(=O)O)no1. The zero-order chi connectivity index (χ0) is 17.8. The highest BCUT2D eigenvalue weighted by molar-refractivity contribution is 6.30. The van der Waals surface area contributed by atoms with Crippen molar-refractivity contribution in [1.82, 2.24) is 10.1 Å². The maximum Gasteiger partial charge on any atom is 0.341 e. The summed E-state index contributed by atoms with van der Waals surface area (Å²) in [5.41, 5.74) is 1.81. The van der Waals surface area contributed by atoms with Gasteiger partial charge in [0.25, 0.3) is 0 Å². The number of rotatable bonds is 6. The number of aromatic nitrogens is 1. The largest absolute Gasteiger partial charge is 0.482 e. The van der Waals surface area contributed by atoms with E-state index in [1.54, 1.807) is 12.1 Å². The Morgan fingerprint density at radius 1 is 1.44 bits per heavy atom. The number of halogens is 1. The molecule has 7 heteroatoms. The number of likely N-dealkylation sites (tertiary alicyclic amines) is 1. The highest BCUT2D eigenvalue weighted by Crippen LogP contribution is 2.34. The average Bonchev–Trinajstić information content (AvgIpc) is 3.01. The molecule has 1 aliphatic heterocycles. The first-order valence-electron chi connectivity index (χ1n) is 8.33. The molecule has 1 atom stereocenters. The van der Waals surface area contributed by atoms with Crippen molar-refractivity contribution in [2.45, 2.75) is 38.8 Å². The van der Waals surface area contributed by atoms with Crippen LogP contribution in [0.1, 0.15) is 42.3 Å². The molecule has 1 N–H and O–H groups in total. The highest BCUT2D eigenvalue weighted by Gasteiger charge is 2.27. The van der Waals surface area contributed by atoms with Crippen LogP contribution in [0.15, 0.2) is 28.8 Å². The van der Waals surface area contributed by atoms with Gasteiger partial charge in [-0.2, -0.15) is 0 Å². The normalized spacial score (nSPS) is 18.2. The van der Waals surface area contributed by atoms with Crippen molar-refractivity contribution < 1.29 is 19.2 Å². The molecule has 1 aromatic heterocycles. The number of hydrogen-bond acceptors (Lipinski definition) is 5. The smallest absolute Gasteiger partial charge is 0.341 e. The van der Waals surface area contributed by atoms with Gasteiger partial charge in [0.2, 0.25) is 0 Å². The monoisotopic (exact) mass is 364 g/mol. The second kappa shape index (κ2) is 7.89. The van der Waals surface area contributed by atoms with E-state index in [2.05, 4.69) is 10.1 Å². The Labute approximate surface area is 151 Å². The lowest BCUT2D eigenvalue weighted by Gasteiger charge is -2.34. The Balaban J connectivity index is 1.81. The van der Waals surface area contributed by atoms with Gasteiger partial charge in [0, 0.05) is 23.2 Å². The summed E-state index contributed by atoms with van der Waals surface area (Å²) < 4.78 is 10.7. The number of nitrogens with zero attached hydrogens (tertiary/aromatic N) is 2. The molecule has 0 radical (unpaired) electrons. The summed E-state index contributed by atoms with van der Waals surface area (Å²) in [6, 6.07) is 7.41. The van der Waals surface area contributed by atoms with Crippen molar-refractivity contribution in [2.75, 3.05) is 13.2 Å². The van der Waals surface area contributed by atoms with Gasteiger partial charge in [0.1, 0.15) is 17.2 Å². The first kappa shape index (κ1) is 17.8. The fourth-order valence-corrected chi connectivity index (χ4v) is 3.42. The summed E-state index contributed by atoms with van der Waals surface area (Å²) in [7, 11) is 0. The van der Waals surface area contributed by atoms with Crippen LogP contribution in [0, 0.1) is 6.92 Å². The van der Waals surface area contributed by atoms with Gasteiger partial charge in [0.15, 0.2) is 6.61 Å². The number of hydrogen-bond donors (Lipinski definition) is 1. The van der Waals surface area contributed by atoms with Gasteiger partial charge < -0.3 is 14.4 Å². The first-order chi connectivity index (χ1) is 12.0. The van der Waals surface area contributed by atoms with Crippen LogP contribution in [-0.4, -0.2) is 34.3 Å². The van der Waals surface area contributed by atoms with E-state index in [1.165, 1.54) is 0 Å². The Morgan fingerprint density at radius 2 is 2.28 bits per heavy atom. The van der Waals surface area contributed by atoms with Crippen molar-refractivity contribution in [3.8, 4) is 5.75 Å². The van der Waals surface area contributed by atoms with Gasteiger partial charge in [0.05, 0.1) is 6.04 Å². The lowest BCUT2D eigenvalue weighted by atomic mass is 9.98. The molecule has 1 fully saturated rings. The number of piperidine rings is 1. The molecule has 3 rings (SSSR count). The summed E-state index contributed by atoms with van der Waals surface area (Å²) in [6.45, 7) is 3.06. The third-order valence-corrected chi connectivity index (χ3v) is 4.58. The molecule has 1 unspecified atom stereocenters. The maximum atomic E-state index is 10.8. The standard InChI is InChI=1S/C18H21ClN2O4/c1-12-8-15(20-25-12)16-4-2-3-7-21(16)10-13-9-14(19)5-6-17(13)24-11-18(22)23/h5-6,8-9,16H,2-4,7,10-11H2,1H3,(H,22,23). The molecule has 2 heterocycles. The van der Waals surface area contributed by atoms with E-state index in [-0.39, 0.29) is 12.6 Å². The molecule has 1 aliphatic rings. The van der Waals surface area contributed by atoms with Crippen molar-refractivity contribution in [3.63, 3.8) is 0 Å². The molecule has 0 saturated carbocycles. The number of benzene rings is 1.